The molecule has 0 N–H and O–H groups in total. The Kier molecular flexibility index (Phi) is 10.6. The Hall–Kier alpha value is -10.1. The van der Waals surface area contributed by atoms with E-state index in [1.807, 2.05) is 0 Å². The minimum absolute atomic E-state index is 0.870. The van der Waals surface area contributed by atoms with Gasteiger partial charge >= 0.3 is 0 Å². The monoisotopic (exact) mass is 976 g/mol. The Labute approximate surface area is 447 Å². The van der Waals surface area contributed by atoms with Crippen LogP contribution in [0.3, 0.4) is 0 Å². The number of furan rings is 1. The molecule has 1 nitrogen and oxygen atoms in total. The molecule has 0 unspecified atom stereocenters. The molecule has 358 valence electrons. The van der Waals surface area contributed by atoms with Crippen molar-refractivity contribution < 1.29 is 4.42 Å². The summed E-state index contributed by atoms with van der Waals surface area (Å²) < 4.78 is 6.73. The molecule has 0 aliphatic heterocycles. The van der Waals surface area contributed by atoms with Gasteiger partial charge < -0.3 is 4.42 Å². The molecule has 0 fully saturated rings. The highest BCUT2D eigenvalue weighted by Crippen LogP contribution is 2.49. The smallest absolute Gasteiger partial charge is 0.135 e. The summed E-state index contributed by atoms with van der Waals surface area (Å²) in [6.45, 7) is 0. The van der Waals surface area contributed by atoms with E-state index in [1.54, 1.807) is 0 Å². The Morgan fingerprint density at radius 3 is 0.623 bits per heavy atom. The van der Waals surface area contributed by atoms with Gasteiger partial charge in [0.15, 0.2) is 0 Å². The zero-order valence-corrected chi connectivity index (χ0v) is 42.1. The Balaban J connectivity index is 0.916. The van der Waals surface area contributed by atoms with Gasteiger partial charge in [0.05, 0.1) is 0 Å². The zero-order valence-electron chi connectivity index (χ0n) is 42.1. The van der Waals surface area contributed by atoms with Crippen molar-refractivity contribution in [2.24, 2.45) is 0 Å². The lowest BCUT2D eigenvalue weighted by atomic mass is 9.84. The molecule has 0 amide bonds. The molecule has 0 atom stereocenters. The second kappa shape index (κ2) is 18.4. The van der Waals surface area contributed by atoms with E-state index in [4.69, 9.17) is 4.42 Å². The topological polar surface area (TPSA) is 13.1 Å². The molecule has 1 aromatic heterocycles. The van der Waals surface area contributed by atoms with Gasteiger partial charge in [-0.05, 0) is 193 Å². The fourth-order valence-corrected chi connectivity index (χ4v) is 12.3. The SMILES string of the molecule is c1ccc(-c2cc(-c3ccccc3)cc(-c3c4ccccc4c(-c4ccc5oc6ccc(-c7c8ccccc8c(-c8cc(-c9ccccc9)cc(-c9ccccc9)c8)c8ccccc78)cc6c5c4)c4ccccc34)c2)cc1. The summed E-state index contributed by atoms with van der Waals surface area (Å²) in [7, 11) is 0. The summed E-state index contributed by atoms with van der Waals surface area (Å²) >= 11 is 0. The van der Waals surface area contributed by atoms with E-state index in [-0.39, 0.29) is 0 Å². The molecule has 15 rings (SSSR count). The van der Waals surface area contributed by atoms with Crippen molar-refractivity contribution in [3.05, 3.63) is 291 Å². The van der Waals surface area contributed by atoms with Crippen LogP contribution in [0.15, 0.2) is 296 Å². The van der Waals surface area contributed by atoms with Crippen molar-refractivity contribution in [1.29, 1.82) is 0 Å². The van der Waals surface area contributed by atoms with Crippen LogP contribution in [0.2, 0.25) is 0 Å². The van der Waals surface area contributed by atoms with Crippen molar-refractivity contribution in [3.8, 4) is 89.0 Å². The van der Waals surface area contributed by atoms with Crippen LogP contribution in [0.5, 0.6) is 0 Å². The minimum atomic E-state index is 0.870. The minimum Gasteiger partial charge on any atom is -0.456 e. The summed E-state index contributed by atoms with van der Waals surface area (Å²) in [5.41, 5.74) is 20.9. The third kappa shape index (κ3) is 7.63. The van der Waals surface area contributed by atoms with Crippen molar-refractivity contribution in [2.45, 2.75) is 0 Å². The maximum atomic E-state index is 6.73. The standard InChI is InChI=1S/C76H48O/c1-5-21-49(22-6-1)55-41-56(50-23-7-2-8-24-50)44-59(43-55)75-65-33-17-13-29-61(65)73(62-30-14-18-34-66(62)75)53-37-39-71-69(47-53)70-48-54(38-40-72(70)77-71)74-63-31-15-19-35-67(63)76(68-36-20-16-32-64(68)74)60-45-57(51-25-9-3-10-26-51)42-58(46-60)52-27-11-4-12-28-52/h1-48H. The molecule has 0 aliphatic rings. The molecule has 0 bridgehead atoms. The number of benzene rings is 14. The van der Waals surface area contributed by atoms with Crippen LogP contribution in [0.1, 0.15) is 0 Å². The van der Waals surface area contributed by atoms with E-state index in [9.17, 15) is 0 Å². The molecule has 77 heavy (non-hydrogen) atoms. The third-order valence-electron chi connectivity index (χ3n) is 15.8. The average Bonchev–Trinajstić information content (AvgIpc) is 4.08. The molecule has 0 saturated heterocycles. The molecular weight excluding hydrogens is 929 g/mol. The second-order valence-electron chi connectivity index (χ2n) is 20.3. The predicted molar refractivity (Wildman–Crippen MR) is 327 cm³/mol. The highest BCUT2D eigenvalue weighted by atomic mass is 16.3. The van der Waals surface area contributed by atoms with Gasteiger partial charge in [-0.1, -0.05) is 231 Å². The van der Waals surface area contributed by atoms with Crippen LogP contribution in [-0.2, 0) is 0 Å². The number of fused-ring (bicyclic) bond motifs is 7. The Morgan fingerprint density at radius 2 is 0.364 bits per heavy atom. The van der Waals surface area contributed by atoms with Crippen LogP contribution < -0.4 is 0 Å². The van der Waals surface area contributed by atoms with Gasteiger partial charge in [-0.2, -0.15) is 0 Å². The van der Waals surface area contributed by atoms with E-state index < -0.39 is 0 Å². The van der Waals surface area contributed by atoms with Crippen LogP contribution in [0.25, 0.3) is 154 Å². The Bertz CT molecular complexity index is 4230. The molecule has 15 aromatic rings. The van der Waals surface area contributed by atoms with E-state index in [0.717, 1.165) is 33.1 Å². The van der Waals surface area contributed by atoms with Crippen LogP contribution >= 0.6 is 0 Å². The van der Waals surface area contributed by atoms with Gasteiger partial charge in [-0.25, -0.2) is 0 Å². The summed E-state index contributed by atoms with van der Waals surface area (Å²) in [5, 5.41) is 11.9. The van der Waals surface area contributed by atoms with Gasteiger partial charge in [0.1, 0.15) is 11.2 Å². The van der Waals surface area contributed by atoms with Gasteiger partial charge in [0.25, 0.3) is 0 Å². The fraction of sp³-hybridized carbons (Fsp3) is 0. The molecule has 1 heterocycles. The lowest BCUT2D eigenvalue weighted by Gasteiger charge is -2.19. The number of hydrogen-bond donors (Lipinski definition) is 0. The van der Waals surface area contributed by atoms with E-state index in [2.05, 4.69) is 291 Å². The quantitative estimate of drug-likeness (QED) is 0.138. The van der Waals surface area contributed by atoms with Crippen molar-refractivity contribution in [3.63, 3.8) is 0 Å². The predicted octanol–water partition coefficient (Wildman–Crippen LogP) is 21.5. The number of rotatable bonds is 8. The van der Waals surface area contributed by atoms with E-state index in [1.165, 1.54) is 121 Å². The normalized spacial score (nSPS) is 11.6. The molecule has 14 aromatic carbocycles. The largest absolute Gasteiger partial charge is 0.456 e. The third-order valence-corrected chi connectivity index (χ3v) is 15.8. The zero-order chi connectivity index (χ0) is 50.8. The van der Waals surface area contributed by atoms with Gasteiger partial charge in [-0.15, -0.1) is 0 Å². The maximum absolute atomic E-state index is 6.73. The summed E-state index contributed by atoms with van der Waals surface area (Å²) in [6.07, 6.45) is 0. The first kappa shape index (κ1) is 44.4. The molecule has 1 heteroatoms. The molecule has 0 saturated carbocycles. The summed E-state index contributed by atoms with van der Waals surface area (Å²) in [4.78, 5) is 0. The number of hydrogen-bond acceptors (Lipinski definition) is 1. The van der Waals surface area contributed by atoms with Crippen LogP contribution in [0, 0.1) is 0 Å². The first-order valence-electron chi connectivity index (χ1n) is 26.6. The Morgan fingerprint density at radius 1 is 0.143 bits per heavy atom. The maximum Gasteiger partial charge on any atom is 0.135 e. The van der Waals surface area contributed by atoms with Gasteiger partial charge in [-0.3, -0.25) is 0 Å². The van der Waals surface area contributed by atoms with Crippen LogP contribution in [-0.4, -0.2) is 0 Å². The van der Waals surface area contributed by atoms with Gasteiger partial charge in [0, 0.05) is 10.8 Å². The molecule has 0 radical (unpaired) electrons. The highest BCUT2D eigenvalue weighted by Gasteiger charge is 2.22. The lowest BCUT2D eigenvalue weighted by molar-refractivity contribution is 0.669. The highest BCUT2D eigenvalue weighted by molar-refractivity contribution is 6.24. The van der Waals surface area contributed by atoms with Gasteiger partial charge in [0.2, 0.25) is 0 Å². The first-order valence-corrected chi connectivity index (χ1v) is 26.6. The molecule has 0 aliphatic carbocycles. The van der Waals surface area contributed by atoms with Crippen molar-refractivity contribution in [2.75, 3.05) is 0 Å². The van der Waals surface area contributed by atoms with Crippen LogP contribution in [0.4, 0.5) is 0 Å². The molecule has 0 spiro atoms. The first-order chi connectivity index (χ1) is 38.2. The van der Waals surface area contributed by atoms with Crippen molar-refractivity contribution >= 4 is 65.0 Å². The lowest BCUT2D eigenvalue weighted by Crippen LogP contribution is -1.92. The summed E-state index contributed by atoms with van der Waals surface area (Å²) in [5.74, 6) is 0. The average molecular weight is 977 g/mol. The fourth-order valence-electron chi connectivity index (χ4n) is 12.3. The summed E-state index contributed by atoms with van der Waals surface area (Å²) in [6, 6.07) is 107. The second-order valence-corrected chi connectivity index (χ2v) is 20.3. The van der Waals surface area contributed by atoms with E-state index in [0.29, 0.717) is 0 Å². The molecular formula is C76H48O. The van der Waals surface area contributed by atoms with E-state index >= 15 is 0 Å². The van der Waals surface area contributed by atoms with Crippen molar-refractivity contribution in [1.82, 2.24) is 0 Å².